The standard InChI is InChI=1S/C29H49BrO3/c1-7-19(17(2)3)9-8-18(4)21-10-11-22-20-16-33-27(32)24-14-25(30)26(31)15-29(24,6)23(20)12-13-28(21,22)5/h17-26,31H,7-16H2,1-6H3/t18-,19-,20+,21-,22+,23+,24-,25+,26+,28-,29-/m1/s1. The normalized spacial score (nSPS) is 47.2. The molecule has 4 rings (SSSR count). The third kappa shape index (κ3) is 4.47. The van der Waals surface area contributed by atoms with Crippen LogP contribution < -0.4 is 0 Å². The first-order valence-electron chi connectivity index (χ1n) is 14.0. The SMILES string of the molecule is CC[C@H](CC[C@@H](C)[C@H]1CC[C@H]2[C@@H]3COC(=O)[C@H]4C[C@H](Br)[C@@H](O)C[C@]4(C)[C@H]3CC[C@]12C)C(C)C. The first-order chi connectivity index (χ1) is 15.5. The van der Waals surface area contributed by atoms with Crippen LogP contribution >= 0.6 is 15.9 Å². The average Bonchev–Trinajstić information content (AvgIpc) is 3.06. The van der Waals surface area contributed by atoms with Crippen molar-refractivity contribution >= 4 is 21.9 Å². The molecule has 190 valence electrons. The summed E-state index contributed by atoms with van der Waals surface area (Å²) in [6, 6.07) is 0. The van der Waals surface area contributed by atoms with Crippen molar-refractivity contribution in [1.29, 1.82) is 0 Å². The summed E-state index contributed by atoms with van der Waals surface area (Å²) < 4.78 is 6.02. The summed E-state index contributed by atoms with van der Waals surface area (Å²) in [6.45, 7) is 15.1. The van der Waals surface area contributed by atoms with Gasteiger partial charge >= 0.3 is 5.97 Å². The minimum absolute atomic E-state index is 0.00280. The molecule has 0 spiro atoms. The Hall–Kier alpha value is -0.0900. The molecule has 1 heterocycles. The molecule has 0 radical (unpaired) electrons. The van der Waals surface area contributed by atoms with Gasteiger partial charge < -0.3 is 9.84 Å². The number of esters is 1. The van der Waals surface area contributed by atoms with Crippen molar-refractivity contribution in [2.45, 2.75) is 110 Å². The van der Waals surface area contributed by atoms with E-state index in [0.717, 1.165) is 30.1 Å². The zero-order valence-electron chi connectivity index (χ0n) is 22.0. The number of carbonyl (C=O) groups is 1. The Morgan fingerprint density at radius 2 is 1.79 bits per heavy atom. The van der Waals surface area contributed by atoms with Crippen LogP contribution in [-0.4, -0.2) is 28.6 Å². The van der Waals surface area contributed by atoms with Gasteiger partial charge in [-0.05, 0) is 97.2 Å². The van der Waals surface area contributed by atoms with E-state index in [1.807, 2.05) is 0 Å². The predicted octanol–water partition coefficient (Wildman–Crippen LogP) is 7.24. The van der Waals surface area contributed by atoms with Crippen LogP contribution in [0.5, 0.6) is 0 Å². The van der Waals surface area contributed by atoms with E-state index >= 15 is 0 Å². The second-order valence-corrected chi connectivity index (χ2v) is 14.5. The molecule has 4 fully saturated rings. The molecule has 4 heteroatoms. The Balaban J connectivity index is 1.53. The van der Waals surface area contributed by atoms with Crippen molar-refractivity contribution in [3.8, 4) is 0 Å². The van der Waals surface area contributed by atoms with Gasteiger partial charge in [0.25, 0.3) is 0 Å². The number of hydrogen-bond acceptors (Lipinski definition) is 3. The average molecular weight is 526 g/mol. The monoisotopic (exact) mass is 524 g/mol. The molecule has 0 aromatic heterocycles. The van der Waals surface area contributed by atoms with E-state index in [2.05, 4.69) is 57.5 Å². The molecular formula is C29H49BrO3. The molecule has 3 aliphatic carbocycles. The van der Waals surface area contributed by atoms with Gasteiger partial charge in [0.1, 0.15) is 0 Å². The highest BCUT2D eigenvalue weighted by Gasteiger charge is 2.62. The van der Waals surface area contributed by atoms with E-state index in [1.54, 1.807) is 0 Å². The molecular weight excluding hydrogens is 476 g/mol. The molecule has 1 N–H and O–H groups in total. The summed E-state index contributed by atoms with van der Waals surface area (Å²) in [5.41, 5.74) is 0.229. The molecule has 33 heavy (non-hydrogen) atoms. The number of alkyl halides is 1. The molecule has 3 saturated carbocycles. The number of ether oxygens (including phenoxy) is 1. The van der Waals surface area contributed by atoms with Crippen molar-refractivity contribution in [2.24, 2.45) is 58.2 Å². The first-order valence-corrected chi connectivity index (χ1v) is 14.9. The highest BCUT2D eigenvalue weighted by molar-refractivity contribution is 9.09. The summed E-state index contributed by atoms with van der Waals surface area (Å²) in [7, 11) is 0. The Morgan fingerprint density at radius 3 is 2.45 bits per heavy atom. The zero-order chi connectivity index (χ0) is 24.1. The lowest BCUT2D eigenvalue weighted by atomic mass is 9.48. The summed E-state index contributed by atoms with van der Waals surface area (Å²) >= 11 is 3.64. The lowest BCUT2D eigenvalue weighted by molar-refractivity contribution is -0.154. The van der Waals surface area contributed by atoms with Gasteiger partial charge in [0, 0.05) is 4.83 Å². The van der Waals surface area contributed by atoms with E-state index in [1.165, 1.54) is 44.9 Å². The van der Waals surface area contributed by atoms with E-state index in [9.17, 15) is 9.90 Å². The Bertz CT molecular complexity index is 709. The van der Waals surface area contributed by atoms with Crippen LogP contribution in [0.25, 0.3) is 0 Å². The highest BCUT2D eigenvalue weighted by atomic mass is 79.9. The molecule has 0 aromatic carbocycles. The van der Waals surface area contributed by atoms with Gasteiger partial charge in [0.2, 0.25) is 0 Å². The summed E-state index contributed by atoms with van der Waals surface area (Å²) in [5, 5.41) is 10.8. The number of fused-ring (bicyclic) bond motifs is 5. The summed E-state index contributed by atoms with van der Waals surface area (Å²) in [4.78, 5) is 13.1. The first kappa shape index (κ1) is 26.0. The van der Waals surface area contributed by atoms with E-state index in [4.69, 9.17) is 4.74 Å². The molecule has 3 nitrogen and oxygen atoms in total. The molecule has 1 aliphatic heterocycles. The van der Waals surface area contributed by atoms with Crippen LogP contribution in [0.2, 0.25) is 0 Å². The van der Waals surface area contributed by atoms with Crippen molar-refractivity contribution in [3.63, 3.8) is 0 Å². The molecule has 1 saturated heterocycles. The second kappa shape index (κ2) is 9.75. The Morgan fingerprint density at radius 1 is 1.09 bits per heavy atom. The molecule has 0 unspecified atom stereocenters. The van der Waals surface area contributed by atoms with E-state index in [-0.39, 0.29) is 28.2 Å². The minimum atomic E-state index is -0.366. The number of hydrogen-bond donors (Lipinski definition) is 1. The van der Waals surface area contributed by atoms with Crippen molar-refractivity contribution < 1.29 is 14.6 Å². The lowest BCUT2D eigenvalue weighted by Crippen LogP contribution is -2.53. The van der Waals surface area contributed by atoms with Gasteiger partial charge in [-0.15, -0.1) is 0 Å². The maximum absolute atomic E-state index is 13.1. The van der Waals surface area contributed by atoms with E-state index in [0.29, 0.717) is 36.2 Å². The van der Waals surface area contributed by atoms with Crippen LogP contribution in [0.15, 0.2) is 0 Å². The van der Waals surface area contributed by atoms with Gasteiger partial charge in [-0.1, -0.05) is 70.3 Å². The maximum Gasteiger partial charge on any atom is 0.309 e. The Kier molecular flexibility index (Phi) is 7.68. The fourth-order valence-corrected chi connectivity index (χ4v) is 9.99. The number of carbonyl (C=O) groups excluding carboxylic acids is 1. The van der Waals surface area contributed by atoms with Crippen LogP contribution in [0, 0.1) is 58.2 Å². The number of cyclic esters (lactones) is 1. The smallest absolute Gasteiger partial charge is 0.309 e. The molecule has 11 atom stereocenters. The molecule has 0 amide bonds. The van der Waals surface area contributed by atoms with Gasteiger partial charge in [-0.25, -0.2) is 0 Å². The quantitative estimate of drug-likeness (QED) is 0.294. The zero-order valence-corrected chi connectivity index (χ0v) is 23.6. The van der Waals surface area contributed by atoms with Gasteiger partial charge in [0.05, 0.1) is 18.6 Å². The van der Waals surface area contributed by atoms with Crippen LogP contribution in [-0.2, 0) is 9.53 Å². The largest absolute Gasteiger partial charge is 0.465 e. The third-order valence-corrected chi connectivity index (χ3v) is 12.5. The van der Waals surface area contributed by atoms with E-state index < -0.39 is 0 Å². The number of rotatable bonds is 6. The van der Waals surface area contributed by atoms with Crippen LogP contribution in [0.4, 0.5) is 0 Å². The van der Waals surface area contributed by atoms with Crippen LogP contribution in [0.3, 0.4) is 0 Å². The van der Waals surface area contributed by atoms with Crippen molar-refractivity contribution in [3.05, 3.63) is 0 Å². The topological polar surface area (TPSA) is 46.5 Å². The molecule has 0 aromatic rings. The van der Waals surface area contributed by atoms with Crippen LogP contribution in [0.1, 0.15) is 99.3 Å². The number of aliphatic hydroxyl groups excluding tert-OH is 1. The third-order valence-electron chi connectivity index (χ3n) is 11.5. The summed E-state index contributed by atoms with van der Waals surface area (Å²) in [6.07, 6.45) is 10.2. The summed E-state index contributed by atoms with van der Waals surface area (Å²) in [5.74, 6) is 4.70. The maximum atomic E-state index is 13.1. The van der Waals surface area contributed by atoms with Crippen molar-refractivity contribution in [2.75, 3.05) is 6.61 Å². The van der Waals surface area contributed by atoms with Gasteiger partial charge in [-0.2, -0.15) is 0 Å². The minimum Gasteiger partial charge on any atom is -0.465 e. The number of halogens is 1. The lowest BCUT2D eigenvalue weighted by Gasteiger charge is -2.56. The second-order valence-electron chi connectivity index (χ2n) is 13.3. The fourth-order valence-electron chi connectivity index (χ4n) is 9.43. The predicted molar refractivity (Wildman–Crippen MR) is 138 cm³/mol. The molecule has 0 bridgehead atoms. The highest BCUT2D eigenvalue weighted by Crippen LogP contribution is 2.66. The Labute approximate surface area is 211 Å². The number of aliphatic hydroxyl groups is 1. The fraction of sp³-hybridized carbons (Fsp3) is 0.966. The van der Waals surface area contributed by atoms with Crippen molar-refractivity contribution in [1.82, 2.24) is 0 Å². The van der Waals surface area contributed by atoms with Gasteiger partial charge in [-0.3, -0.25) is 4.79 Å². The van der Waals surface area contributed by atoms with Gasteiger partial charge in [0.15, 0.2) is 0 Å². The molecule has 4 aliphatic rings.